The Morgan fingerprint density at radius 2 is 2.32 bits per heavy atom. The van der Waals surface area contributed by atoms with Crippen LogP contribution in [0.1, 0.15) is 32.6 Å². The number of aromatic nitrogens is 2. The molecule has 7 heteroatoms. The van der Waals surface area contributed by atoms with Crippen LogP contribution in [0.15, 0.2) is 6.33 Å². The van der Waals surface area contributed by atoms with Gasteiger partial charge in [-0.3, -0.25) is 4.79 Å². The van der Waals surface area contributed by atoms with Crippen LogP contribution >= 0.6 is 23.2 Å². The minimum absolute atomic E-state index is 0.108. The second-order valence-corrected chi connectivity index (χ2v) is 5.38. The Bertz CT molecular complexity index is 475. The monoisotopic (exact) mass is 302 g/mol. The summed E-state index contributed by atoms with van der Waals surface area (Å²) in [5, 5.41) is 6.35. The fourth-order valence-corrected chi connectivity index (χ4v) is 2.69. The molecular weight excluding hydrogens is 287 g/mol. The smallest absolute Gasteiger partial charge is 0.245 e. The SMILES string of the molecule is CCCC1(C(=O)Nc2ncnc(Cl)c2Cl)CCCN1. The lowest BCUT2D eigenvalue weighted by Gasteiger charge is -2.27. The highest BCUT2D eigenvalue weighted by Crippen LogP contribution is 2.29. The van der Waals surface area contributed by atoms with Gasteiger partial charge in [0.25, 0.3) is 0 Å². The molecule has 5 nitrogen and oxygen atoms in total. The molecule has 1 aromatic rings. The number of rotatable bonds is 4. The number of hydrogen-bond donors (Lipinski definition) is 2. The van der Waals surface area contributed by atoms with E-state index in [1.807, 2.05) is 0 Å². The lowest BCUT2D eigenvalue weighted by molar-refractivity contribution is -0.122. The first-order chi connectivity index (χ1) is 9.09. The van der Waals surface area contributed by atoms with Crippen molar-refractivity contribution in [3.05, 3.63) is 16.5 Å². The van der Waals surface area contributed by atoms with Crippen LogP contribution in [-0.4, -0.2) is 28.0 Å². The van der Waals surface area contributed by atoms with Gasteiger partial charge in [-0.1, -0.05) is 36.5 Å². The van der Waals surface area contributed by atoms with Gasteiger partial charge in [0.05, 0.1) is 5.54 Å². The van der Waals surface area contributed by atoms with Crippen LogP contribution in [0.25, 0.3) is 0 Å². The van der Waals surface area contributed by atoms with E-state index in [0.717, 1.165) is 32.2 Å². The van der Waals surface area contributed by atoms with Crippen LogP contribution in [0, 0.1) is 0 Å². The average molecular weight is 303 g/mol. The van der Waals surface area contributed by atoms with Crippen molar-refractivity contribution in [2.45, 2.75) is 38.1 Å². The fourth-order valence-electron chi connectivity index (χ4n) is 2.42. The van der Waals surface area contributed by atoms with Crippen molar-refractivity contribution >= 4 is 34.9 Å². The Balaban J connectivity index is 2.17. The summed E-state index contributed by atoms with van der Waals surface area (Å²) in [7, 11) is 0. The number of halogens is 2. The van der Waals surface area contributed by atoms with E-state index in [1.165, 1.54) is 6.33 Å². The number of anilines is 1. The number of nitrogens with zero attached hydrogens (tertiary/aromatic N) is 2. The standard InChI is InChI=1S/C12H16Cl2N4O/c1-2-4-12(5-3-6-17-12)11(19)18-10-8(13)9(14)15-7-16-10/h7,17H,2-6H2,1H3,(H,15,16,18,19). The lowest BCUT2D eigenvalue weighted by Crippen LogP contribution is -2.50. The van der Waals surface area contributed by atoms with Crippen molar-refractivity contribution in [2.75, 3.05) is 11.9 Å². The first-order valence-electron chi connectivity index (χ1n) is 6.31. The topological polar surface area (TPSA) is 66.9 Å². The van der Waals surface area contributed by atoms with Crippen LogP contribution in [0.4, 0.5) is 5.82 Å². The van der Waals surface area contributed by atoms with E-state index in [0.29, 0.717) is 0 Å². The first kappa shape index (κ1) is 14.5. The summed E-state index contributed by atoms with van der Waals surface area (Å²) in [5.41, 5.74) is -0.518. The zero-order valence-electron chi connectivity index (χ0n) is 10.7. The molecule has 2 rings (SSSR count). The zero-order valence-corrected chi connectivity index (χ0v) is 12.2. The van der Waals surface area contributed by atoms with Gasteiger partial charge in [0.1, 0.15) is 11.3 Å². The summed E-state index contributed by atoms with van der Waals surface area (Å²) in [4.78, 5) is 20.2. The van der Waals surface area contributed by atoms with E-state index in [9.17, 15) is 4.79 Å². The number of amides is 1. The molecule has 1 unspecified atom stereocenters. The second kappa shape index (κ2) is 6.03. The summed E-state index contributed by atoms with van der Waals surface area (Å²) in [6.45, 7) is 2.91. The maximum Gasteiger partial charge on any atom is 0.245 e. The molecule has 0 aromatic carbocycles. The van der Waals surface area contributed by atoms with Crippen LogP contribution in [0.3, 0.4) is 0 Å². The molecule has 2 N–H and O–H groups in total. The summed E-state index contributed by atoms with van der Waals surface area (Å²) >= 11 is 11.8. The third kappa shape index (κ3) is 2.99. The normalized spacial score (nSPS) is 22.5. The molecule has 1 atom stereocenters. The third-order valence-electron chi connectivity index (χ3n) is 3.33. The average Bonchev–Trinajstić information content (AvgIpc) is 2.85. The van der Waals surface area contributed by atoms with Crippen molar-refractivity contribution in [1.82, 2.24) is 15.3 Å². The van der Waals surface area contributed by atoms with Crippen molar-refractivity contribution in [1.29, 1.82) is 0 Å². The molecule has 0 aliphatic carbocycles. The van der Waals surface area contributed by atoms with Gasteiger partial charge in [-0.05, 0) is 25.8 Å². The first-order valence-corrected chi connectivity index (χ1v) is 7.07. The molecule has 1 aliphatic rings. The number of carbonyl (C=O) groups excluding carboxylic acids is 1. The summed E-state index contributed by atoms with van der Waals surface area (Å²) in [5.74, 6) is 0.152. The predicted molar refractivity (Wildman–Crippen MR) is 75.6 cm³/mol. The van der Waals surface area contributed by atoms with Crippen molar-refractivity contribution in [3.8, 4) is 0 Å². The largest absolute Gasteiger partial charge is 0.308 e. The molecule has 0 spiro atoms. The predicted octanol–water partition coefficient (Wildman–Crippen LogP) is 2.64. The van der Waals surface area contributed by atoms with Crippen LogP contribution in [-0.2, 0) is 4.79 Å². The Morgan fingerprint density at radius 3 is 2.95 bits per heavy atom. The number of hydrogen-bond acceptors (Lipinski definition) is 4. The Morgan fingerprint density at radius 1 is 1.53 bits per heavy atom. The minimum Gasteiger partial charge on any atom is -0.308 e. The maximum atomic E-state index is 12.5. The molecule has 0 radical (unpaired) electrons. The second-order valence-electron chi connectivity index (χ2n) is 4.64. The van der Waals surface area contributed by atoms with Gasteiger partial charge in [-0.2, -0.15) is 0 Å². The number of carbonyl (C=O) groups is 1. The highest BCUT2D eigenvalue weighted by Gasteiger charge is 2.40. The van der Waals surface area contributed by atoms with E-state index < -0.39 is 5.54 Å². The van der Waals surface area contributed by atoms with Crippen molar-refractivity contribution < 1.29 is 4.79 Å². The van der Waals surface area contributed by atoms with Gasteiger partial charge in [-0.25, -0.2) is 9.97 Å². The Kier molecular flexibility index (Phi) is 4.60. The zero-order chi connectivity index (χ0) is 13.9. The van der Waals surface area contributed by atoms with E-state index in [4.69, 9.17) is 23.2 Å². The van der Waals surface area contributed by atoms with Gasteiger partial charge < -0.3 is 10.6 Å². The van der Waals surface area contributed by atoms with E-state index in [-0.39, 0.29) is 21.9 Å². The Labute approximate surface area is 122 Å². The summed E-state index contributed by atoms with van der Waals surface area (Å²) < 4.78 is 0. The van der Waals surface area contributed by atoms with Gasteiger partial charge in [0.15, 0.2) is 11.0 Å². The van der Waals surface area contributed by atoms with Crippen molar-refractivity contribution in [3.63, 3.8) is 0 Å². The molecule has 0 saturated carbocycles. The van der Waals surface area contributed by atoms with Gasteiger partial charge in [0, 0.05) is 0 Å². The maximum absolute atomic E-state index is 12.5. The molecule has 1 fully saturated rings. The molecular formula is C12H16Cl2N4O. The van der Waals surface area contributed by atoms with Crippen LogP contribution in [0.5, 0.6) is 0 Å². The highest BCUT2D eigenvalue weighted by atomic mass is 35.5. The molecule has 104 valence electrons. The quantitative estimate of drug-likeness (QED) is 0.839. The lowest BCUT2D eigenvalue weighted by atomic mass is 9.91. The molecule has 1 amide bonds. The minimum atomic E-state index is -0.518. The van der Waals surface area contributed by atoms with E-state index >= 15 is 0 Å². The van der Waals surface area contributed by atoms with E-state index in [1.54, 1.807) is 0 Å². The molecule has 1 aromatic heterocycles. The molecule has 1 saturated heterocycles. The van der Waals surface area contributed by atoms with Gasteiger partial charge in [-0.15, -0.1) is 0 Å². The van der Waals surface area contributed by atoms with Crippen LogP contribution in [0.2, 0.25) is 10.2 Å². The molecule has 1 aliphatic heterocycles. The molecule has 19 heavy (non-hydrogen) atoms. The fraction of sp³-hybridized carbons (Fsp3) is 0.583. The Hall–Kier alpha value is -0.910. The van der Waals surface area contributed by atoms with Crippen molar-refractivity contribution in [2.24, 2.45) is 0 Å². The highest BCUT2D eigenvalue weighted by molar-refractivity contribution is 6.43. The molecule has 0 bridgehead atoms. The summed E-state index contributed by atoms with van der Waals surface area (Å²) in [6, 6.07) is 0. The molecule has 2 heterocycles. The van der Waals surface area contributed by atoms with E-state index in [2.05, 4.69) is 27.5 Å². The van der Waals surface area contributed by atoms with Gasteiger partial charge >= 0.3 is 0 Å². The summed E-state index contributed by atoms with van der Waals surface area (Å²) in [6.07, 6.45) is 4.81. The van der Waals surface area contributed by atoms with Gasteiger partial charge in [0.2, 0.25) is 5.91 Å². The third-order valence-corrected chi connectivity index (χ3v) is 4.08. The number of nitrogens with one attached hydrogen (secondary N) is 2. The van der Waals surface area contributed by atoms with Crippen LogP contribution < -0.4 is 10.6 Å².